The Bertz CT molecular complexity index is 492. The van der Waals surface area contributed by atoms with Gasteiger partial charge in [-0.25, -0.2) is 17.9 Å². The van der Waals surface area contributed by atoms with Crippen LogP contribution in [0.5, 0.6) is 5.75 Å². The molecule has 0 spiro atoms. The Labute approximate surface area is 99.6 Å². The predicted molar refractivity (Wildman–Crippen MR) is 57.5 cm³/mol. The van der Waals surface area contributed by atoms with Crippen LogP contribution in [0, 0.1) is 11.6 Å². The van der Waals surface area contributed by atoms with Crippen molar-refractivity contribution in [3.63, 3.8) is 0 Å². The molecule has 8 heteroatoms. The second-order valence-corrected chi connectivity index (χ2v) is 5.56. The quantitative estimate of drug-likeness (QED) is 0.854. The molecular formula is C8H8BrF2NO3S. The van der Waals surface area contributed by atoms with Crippen molar-refractivity contribution >= 4 is 26.0 Å². The summed E-state index contributed by atoms with van der Waals surface area (Å²) >= 11 is 2.95. The molecule has 0 aliphatic rings. The molecule has 4 nitrogen and oxygen atoms in total. The van der Waals surface area contributed by atoms with E-state index in [2.05, 4.69) is 15.9 Å². The molecule has 0 bridgehead atoms. The Kier molecular flexibility index (Phi) is 4.22. The van der Waals surface area contributed by atoms with Gasteiger partial charge in [0.2, 0.25) is 15.8 Å². The highest BCUT2D eigenvalue weighted by Crippen LogP contribution is 2.25. The van der Waals surface area contributed by atoms with E-state index in [0.29, 0.717) is 0 Å². The van der Waals surface area contributed by atoms with Crippen LogP contribution in [-0.2, 0) is 10.0 Å². The van der Waals surface area contributed by atoms with E-state index in [1.807, 2.05) is 0 Å². The minimum absolute atomic E-state index is 0.289. The molecule has 0 heterocycles. The van der Waals surface area contributed by atoms with Crippen LogP contribution in [0.1, 0.15) is 0 Å². The molecule has 0 aromatic heterocycles. The monoisotopic (exact) mass is 315 g/mol. The summed E-state index contributed by atoms with van der Waals surface area (Å²) in [4.78, 5) is 0. The van der Waals surface area contributed by atoms with Gasteiger partial charge in [0.1, 0.15) is 6.61 Å². The molecular weight excluding hydrogens is 308 g/mol. The molecule has 0 fully saturated rings. The third-order valence-electron chi connectivity index (χ3n) is 1.59. The van der Waals surface area contributed by atoms with E-state index in [0.717, 1.165) is 6.07 Å². The number of rotatable bonds is 4. The largest absolute Gasteiger partial charge is 0.489 e. The van der Waals surface area contributed by atoms with E-state index >= 15 is 0 Å². The van der Waals surface area contributed by atoms with Crippen LogP contribution in [-0.4, -0.2) is 20.8 Å². The fourth-order valence-corrected chi connectivity index (χ4v) is 1.63. The number of primary sulfonamides is 1. The molecule has 0 saturated heterocycles. The molecule has 16 heavy (non-hydrogen) atoms. The highest BCUT2D eigenvalue weighted by Gasteiger charge is 2.12. The minimum Gasteiger partial charge on any atom is -0.489 e. The molecule has 0 saturated carbocycles. The van der Waals surface area contributed by atoms with Crippen LogP contribution in [0.15, 0.2) is 16.6 Å². The van der Waals surface area contributed by atoms with E-state index < -0.39 is 27.4 Å². The van der Waals surface area contributed by atoms with Gasteiger partial charge in [-0.2, -0.15) is 4.39 Å². The number of hydrogen-bond donors (Lipinski definition) is 1. The van der Waals surface area contributed by atoms with E-state index in [-0.39, 0.29) is 16.8 Å². The van der Waals surface area contributed by atoms with Crippen molar-refractivity contribution < 1.29 is 21.9 Å². The SMILES string of the molecule is NS(=O)(=O)CCOc1cc(Br)cc(F)c1F. The highest BCUT2D eigenvalue weighted by atomic mass is 79.9. The number of nitrogens with two attached hydrogens (primary N) is 1. The maximum absolute atomic E-state index is 13.1. The van der Waals surface area contributed by atoms with Crippen LogP contribution in [0.4, 0.5) is 8.78 Å². The van der Waals surface area contributed by atoms with Crippen molar-refractivity contribution in [2.24, 2.45) is 5.14 Å². The predicted octanol–water partition coefficient (Wildman–Crippen LogP) is 1.39. The van der Waals surface area contributed by atoms with Gasteiger partial charge >= 0.3 is 0 Å². The topological polar surface area (TPSA) is 69.4 Å². The fourth-order valence-electron chi connectivity index (χ4n) is 0.905. The fraction of sp³-hybridized carbons (Fsp3) is 0.250. The third kappa shape index (κ3) is 4.03. The summed E-state index contributed by atoms with van der Waals surface area (Å²) in [7, 11) is -3.68. The number of halogens is 3. The molecule has 2 N–H and O–H groups in total. The van der Waals surface area contributed by atoms with Gasteiger partial charge < -0.3 is 4.74 Å². The van der Waals surface area contributed by atoms with Crippen LogP contribution >= 0.6 is 15.9 Å². The second kappa shape index (κ2) is 5.07. The van der Waals surface area contributed by atoms with Gasteiger partial charge in [0.25, 0.3) is 0 Å². The van der Waals surface area contributed by atoms with Crippen LogP contribution in [0.3, 0.4) is 0 Å². The first kappa shape index (κ1) is 13.3. The van der Waals surface area contributed by atoms with E-state index in [1.165, 1.54) is 6.07 Å². The third-order valence-corrected chi connectivity index (χ3v) is 2.78. The molecule has 0 amide bonds. The van der Waals surface area contributed by atoms with Crippen molar-refractivity contribution in [3.05, 3.63) is 28.2 Å². The van der Waals surface area contributed by atoms with Gasteiger partial charge in [0, 0.05) is 4.47 Å². The lowest BCUT2D eigenvalue weighted by molar-refractivity contribution is 0.314. The second-order valence-electron chi connectivity index (χ2n) is 2.92. The zero-order valence-electron chi connectivity index (χ0n) is 7.91. The Morgan fingerprint density at radius 2 is 2.00 bits per heavy atom. The summed E-state index contributed by atoms with van der Waals surface area (Å²) in [6.45, 7) is -0.342. The van der Waals surface area contributed by atoms with Gasteiger partial charge in [-0.05, 0) is 12.1 Å². The molecule has 1 aromatic carbocycles. The van der Waals surface area contributed by atoms with Gasteiger partial charge in [-0.15, -0.1) is 0 Å². The maximum Gasteiger partial charge on any atom is 0.212 e. The van der Waals surface area contributed by atoms with Gasteiger partial charge in [-0.3, -0.25) is 0 Å². The average molecular weight is 316 g/mol. The lowest BCUT2D eigenvalue weighted by atomic mass is 10.3. The van der Waals surface area contributed by atoms with E-state index in [4.69, 9.17) is 9.88 Å². The van der Waals surface area contributed by atoms with Crippen molar-refractivity contribution in [2.75, 3.05) is 12.4 Å². The van der Waals surface area contributed by atoms with Gasteiger partial charge in [0.15, 0.2) is 11.6 Å². The van der Waals surface area contributed by atoms with Crippen LogP contribution in [0.25, 0.3) is 0 Å². The van der Waals surface area contributed by atoms with Gasteiger partial charge in [0.05, 0.1) is 5.75 Å². The molecule has 0 aliphatic carbocycles. The highest BCUT2D eigenvalue weighted by molar-refractivity contribution is 9.10. The molecule has 0 atom stereocenters. The molecule has 1 aromatic rings. The number of hydrogen-bond acceptors (Lipinski definition) is 3. The van der Waals surface area contributed by atoms with Crippen molar-refractivity contribution in [3.8, 4) is 5.75 Å². The molecule has 0 aliphatic heterocycles. The lowest BCUT2D eigenvalue weighted by Gasteiger charge is -2.07. The van der Waals surface area contributed by atoms with Crippen LogP contribution < -0.4 is 9.88 Å². The summed E-state index contributed by atoms with van der Waals surface area (Å²) in [5.41, 5.74) is 0. The Hall–Kier alpha value is -0.730. The van der Waals surface area contributed by atoms with E-state index in [9.17, 15) is 17.2 Å². The molecule has 0 unspecified atom stereocenters. The first-order valence-corrected chi connectivity index (χ1v) is 6.58. The average Bonchev–Trinajstić information content (AvgIpc) is 2.11. The number of benzene rings is 1. The smallest absolute Gasteiger partial charge is 0.212 e. The zero-order valence-corrected chi connectivity index (χ0v) is 10.3. The van der Waals surface area contributed by atoms with Crippen molar-refractivity contribution in [1.82, 2.24) is 0 Å². The van der Waals surface area contributed by atoms with Crippen molar-refractivity contribution in [1.29, 1.82) is 0 Å². The Morgan fingerprint density at radius 1 is 1.38 bits per heavy atom. The van der Waals surface area contributed by atoms with E-state index in [1.54, 1.807) is 0 Å². The zero-order chi connectivity index (χ0) is 12.3. The normalized spacial score (nSPS) is 11.5. The standard InChI is InChI=1S/C8H8BrF2NO3S/c9-5-3-6(10)8(11)7(4-5)15-1-2-16(12,13)14/h3-4H,1-2H2,(H2,12,13,14). The van der Waals surface area contributed by atoms with Crippen molar-refractivity contribution in [2.45, 2.75) is 0 Å². The maximum atomic E-state index is 13.1. The Morgan fingerprint density at radius 3 is 2.56 bits per heavy atom. The molecule has 1 rings (SSSR count). The Balaban J connectivity index is 2.75. The molecule has 90 valence electrons. The summed E-state index contributed by atoms with van der Waals surface area (Å²) in [5.74, 6) is -3.09. The lowest BCUT2D eigenvalue weighted by Crippen LogP contribution is -2.21. The first-order valence-electron chi connectivity index (χ1n) is 4.07. The first-order chi connectivity index (χ1) is 7.29. The summed E-state index contributed by atoms with van der Waals surface area (Å²) in [6.07, 6.45) is 0. The number of ether oxygens (including phenoxy) is 1. The number of sulfonamides is 1. The summed E-state index contributed by atoms with van der Waals surface area (Å²) in [6, 6.07) is 2.13. The summed E-state index contributed by atoms with van der Waals surface area (Å²) < 4.78 is 52.2. The van der Waals surface area contributed by atoms with Gasteiger partial charge in [-0.1, -0.05) is 15.9 Å². The van der Waals surface area contributed by atoms with Crippen LogP contribution in [0.2, 0.25) is 0 Å². The molecule has 0 radical (unpaired) electrons. The summed E-state index contributed by atoms with van der Waals surface area (Å²) in [5, 5.41) is 4.71. The minimum atomic E-state index is -3.68.